The summed E-state index contributed by atoms with van der Waals surface area (Å²) in [5.74, 6) is 0. The lowest BCUT2D eigenvalue weighted by atomic mass is 10.2. The number of rotatable bonds is 2. The largest absolute Gasteiger partial charge is 0.380 e. The van der Waals surface area contributed by atoms with E-state index in [4.69, 9.17) is 0 Å². The summed E-state index contributed by atoms with van der Waals surface area (Å²) in [6, 6.07) is 0. The Balaban J connectivity index is 2.41. The second-order valence-corrected chi connectivity index (χ2v) is 3.93. The van der Waals surface area contributed by atoms with Crippen molar-refractivity contribution >= 4 is 27.7 Å². The zero-order valence-electron chi connectivity index (χ0n) is 7.12. The predicted molar refractivity (Wildman–Crippen MR) is 52.7 cm³/mol. The molecule has 2 rings (SSSR count). The molecule has 0 bridgehead atoms. The van der Waals surface area contributed by atoms with Gasteiger partial charge in [-0.2, -0.15) is 8.75 Å². The molecule has 0 fully saturated rings. The molecule has 1 unspecified atom stereocenters. The minimum absolute atomic E-state index is 0.501. The van der Waals surface area contributed by atoms with E-state index in [2.05, 4.69) is 35.0 Å². The average molecular weight is 276 g/mol. The first kappa shape index (κ1) is 9.69. The number of aliphatic hydroxyl groups excluding tert-OH is 1. The summed E-state index contributed by atoms with van der Waals surface area (Å²) in [5.41, 5.74) is 1.07. The van der Waals surface area contributed by atoms with Gasteiger partial charge < -0.3 is 5.11 Å². The zero-order chi connectivity index (χ0) is 10.1. The molecule has 2 heterocycles. The highest BCUT2D eigenvalue weighted by molar-refractivity contribution is 9.10. The quantitative estimate of drug-likeness (QED) is 0.864. The Morgan fingerprint density at radius 1 is 1.64 bits per heavy atom. The Hall–Kier alpha value is -0.860. The van der Waals surface area contributed by atoms with E-state index in [1.807, 2.05) is 0 Å². The maximum Gasteiger partial charge on any atom is 0.154 e. The first-order valence-electron chi connectivity index (χ1n) is 3.70. The summed E-state index contributed by atoms with van der Waals surface area (Å²) in [6.45, 7) is 0. The third-order valence-corrected chi connectivity index (χ3v) is 2.80. The summed E-state index contributed by atoms with van der Waals surface area (Å²) in [4.78, 5) is 0. The van der Waals surface area contributed by atoms with Gasteiger partial charge in [0, 0.05) is 7.05 Å². The van der Waals surface area contributed by atoms with E-state index in [9.17, 15) is 5.11 Å². The van der Waals surface area contributed by atoms with Crippen molar-refractivity contribution in [2.24, 2.45) is 7.05 Å². The monoisotopic (exact) mass is 275 g/mol. The lowest BCUT2D eigenvalue weighted by Gasteiger charge is -2.06. The first-order valence-corrected chi connectivity index (χ1v) is 5.23. The molecule has 0 amide bonds. The van der Waals surface area contributed by atoms with Crippen molar-refractivity contribution in [2.75, 3.05) is 0 Å². The smallest absolute Gasteiger partial charge is 0.154 e. The van der Waals surface area contributed by atoms with Crippen LogP contribution in [0.3, 0.4) is 0 Å². The molecular formula is C6H6BrN5OS. The van der Waals surface area contributed by atoms with Crippen LogP contribution in [-0.4, -0.2) is 28.8 Å². The number of aromatic nitrogens is 5. The molecule has 0 saturated carbocycles. The van der Waals surface area contributed by atoms with Gasteiger partial charge in [-0.05, 0) is 15.9 Å². The van der Waals surface area contributed by atoms with Gasteiger partial charge in [0.15, 0.2) is 4.60 Å². The molecule has 0 saturated heterocycles. The van der Waals surface area contributed by atoms with Gasteiger partial charge in [0.1, 0.15) is 17.5 Å². The molecule has 0 aliphatic heterocycles. The Kier molecular flexibility index (Phi) is 2.57. The molecule has 6 nitrogen and oxygen atoms in total. The molecule has 1 N–H and O–H groups in total. The van der Waals surface area contributed by atoms with Crippen LogP contribution in [-0.2, 0) is 7.05 Å². The highest BCUT2D eigenvalue weighted by Gasteiger charge is 2.21. The van der Waals surface area contributed by atoms with Gasteiger partial charge >= 0.3 is 0 Å². The Labute approximate surface area is 92.0 Å². The fourth-order valence-electron chi connectivity index (χ4n) is 1.06. The molecule has 14 heavy (non-hydrogen) atoms. The zero-order valence-corrected chi connectivity index (χ0v) is 9.53. The minimum atomic E-state index is -0.844. The highest BCUT2D eigenvalue weighted by atomic mass is 79.9. The van der Waals surface area contributed by atoms with Gasteiger partial charge in [0.25, 0.3) is 0 Å². The summed E-state index contributed by atoms with van der Waals surface area (Å²) >= 11 is 4.26. The molecule has 2 aromatic rings. The van der Waals surface area contributed by atoms with Crippen molar-refractivity contribution in [1.82, 2.24) is 23.7 Å². The van der Waals surface area contributed by atoms with Gasteiger partial charge in [-0.15, -0.1) is 5.10 Å². The number of hydrogen-bond acceptors (Lipinski definition) is 6. The number of aliphatic hydroxyl groups is 1. The van der Waals surface area contributed by atoms with Crippen molar-refractivity contribution in [3.05, 3.63) is 22.2 Å². The van der Waals surface area contributed by atoms with Crippen LogP contribution in [0, 0.1) is 0 Å². The fourth-order valence-corrected chi connectivity index (χ4v) is 2.05. The van der Waals surface area contributed by atoms with E-state index in [1.165, 1.54) is 10.9 Å². The molecule has 2 aromatic heterocycles. The molecular weight excluding hydrogens is 270 g/mol. The standard InChI is InChI=1S/C6H6BrN5OS/c1-12-4(6(7)9-11-12)5(13)3-2-8-14-10-3/h2,5,13H,1H3. The minimum Gasteiger partial charge on any atom is -0.380 e. The molecule has 8 heteroatoms. The lowest BCUT2D eigenvalue weighted by Crippen LogP contribution is -2.07. The van der Waals surface area contributed by atoms with Crippen molar-refractivity contribution in [1.29, 1.82) is 0 Å². The molecule has 1 atom stereocenters. The van der Waals surface area contributed by atoms with E-state index in [0.29, 0.717) is 16.0 Å². The van der Waals surface area contributed by atoms with E-state index in [1.54, 1.807) is 7.05 Å². The van der Waals surface area contributed by atoms with Crippen LogP contribution in [0.5, 0.6) is 0 Å². The van der Waals surface area contributed by atoms with E-state index < -0.39 is 6.10 Å². The molecule has 0 aromatic carbocycles. The topological polar surface area (TPSA) is 76.7 Å². The summed E-state index contributed by atoms with van der Waals surface area (Å²) < 4.78 is 9.77. The SMILES string of the molecule is Cn1nnc(Br)c1C(O)c1cnsn1. The van der Waals surface area contributed by atoms with Crippen LogP contribution < -0.4 is 0 Å². The van der Waals surface area contributed by atoms with E-state index in [-0.39, 0.29) is 0 Å². The Bertz CT molecular complexity index is 408. The van der Waals surface area contributed by atoms with Crippen molar-refractivity contribution < 1.29 is 5.11 Å². The van der Waals surface area contributed by atoms with E-state index >= 15 is 0 Å². The second kappa shape index (κ2) is 3.71. The maximum absolute atomic E-state index is 9.90. The van der Waals surface area contributed by atoms with Crippen LogP contribution in [0.2, 0.25) is 0 Å². The van der Waals surface area contributed by atoms with Crippen LogP contribution in [0.15, 0.2) is 10.8 Å². The van der Waals surface area contributed by atoms with Gasteiger partial charge in [0.05, 0.1) is 17.9 Å². The van der Waals surface area contributed by atoms with Crippen LogP contribution in [0.25, 0.3) is 0 Å². The lowest BCUT2D eigenvalue weighted by molar-refractivity contribution is 0.205. The van der Waals surface area contributed by atoms with Crippen molar-refractivity contribution in [3.8, 4) is 0 Å². The molecule has 0 radical (unpaired) electrons. The molecule has 0 aliphatic carbocycles. The van der Waals surface area contributed by atoms with Gasteiger partial charge in [0.2, 0.25) is 0 Å². The number of nitrogens with zero attached hydrogens (tertiary/aromatic N) is 5. The maximum atomic E-state index is 9.90. The number of aryl methyl sites for hydroxylation is 1. The molecule has 0 spiro atoms. The first-order chi connectivity index (χ1) is 6.70. The third-order valence-electron chi connectivity index (χ3n) is 1.74. The van der Waals surface area contributed by atoms with Gasteiger partial charge in [-0.25, -0.2) is 4.68 Å². The van der Waals surface area contributed by atoms with Crippen LogP contribution in [0.4, 0.5) is 0 Å². The van der Waals surface area contributed by atoms with E-state index in [0.717, 1.165) is 11.7 Å². The average Bonchev–Trinajstić information content (AvgIpc) is 2.75. The number of hydrogen-bond donors (Lipinski definition) is 1. The van der Waals surface area contributed by atoms with Crippen molar-refractivity contribution in [3.63, 3.8) is 0 Å². The fraction of sp³-hybridized carbons (Fsp3) is 0.333. The van der Waals surface area contributed by atoms with Crippen LogP contribution >= 0.6 is 27.7 Å². The molecule has 74 valence electrons. The molecule has 0 aliphatic rings. The van der Waals surface area contributed by atoms with Crippen LogP contribution in [0.1, 0.15) is 17.5 Å². The number of halogens is 1. The Morgan fingerprint density at radius 2 is 2.43 bits per heavy atom. The normalized spacial score (nSPS) is 13.1. The third kappa shape index (κ3) is 1.56. The van der Waals surface area contributed by atoms with Crippen molar-refractivity contribution in [2.45, 2.75) is 6.10 Å². The summed E-state index contributed by atoms with van der Waals surface area (Å²) in [7, 11) is 1.70. The predicted octanol–water partition coefficient (Wildman–Crippen LogP) is 0.511. The summed E-state index contributed by atoms with van der Waals surface area (Å²) in [5, 5.41) is 17.4. The second-order valence-electron chi connectivity index (χ2n) is 2.62. The summed E-state index contributed by atoms with van der Waals surface area (Å²) in [6.07, 6.45) is 0.678. The van der Waals surface area contributed by atoms with Gasteiger partial charge in [-0.3, -0.25) is 0 Å². The highest BCUT2D eigenvalue weighted by Crippen LogP contribution is 2.24. The van der Waals surface area contributed by atoms with Gasteiger partial charge in [-0.1, -0.05) is 5.21 Å². The Morgan fingerprint density at radius 3 is 2.93 bits per heavy atom.